The molecule has 1 aromatic carbocycles. The fraction of sp³-hybridized carbons (Fsp3) is 0.300. The van der Waals surface area contributed by atoms with Crippen molar-refractivity contribution in [1.82, 2.24) is 0 Å². The Bertz CT molecular complexity index is 422. The molecule has 1 heterocycles. The highest BCUT2D eigenvalue weighted by Crippen LogP contribution is 2.39. The molecule has 1 N–H and O–H groups in total. The highest BCUT2D eigenvalue weighted by atomic mass is 32.2. The van der Waals surface area contributed by atoms with Crippen molar-refractivity contribution >= 4 is 23.4 Å². The first-order chi connectivity index (χ1) is 7.13. The van der Waals surface area contributed by atoms with Crippen LogP contribution in [0.1, 0.15) is 13.3 Å². The Kier molecular flexibility index (Phi) is 2.65. The summed E-state index contributed by atoms with van der Waals surface area (Å²) in [5.41, 5.74) is 0.355. The lowest BCUT2D eigenvalue weighted by atomic mass is 10.2. The zero-order valence-corrected chi connectivity index (χ0v) is 8.83. The van der Waals surface area contributed by atoms with E-state index in [1.165, 1.54) is 6.07 Å². The van der Waals surface area contributed by atoms with E-state index in [2.05, 4.69) is 5.32 Å². The van der Waals surface area contributed by atoms with Gasteiger partial charge < -0.3 is 5.32 Å². The summed E-state index contributed by atoms with van der Waals surface area (Å²) in [7, 11) is 0. The molecule has 0 saturated heterocycles. The third-order valence-electron chi connectivity index (χ3n) is 2.23. The monoisotopic (exact) mass is 229 g/mol. The van der Waals surface area contributed by atoms with Gasteiger partial charge in [0.05, 0.1) is 15.8 Å². The van der Waals surface area contributed by atoms with Crippen molar-refractivity contribution in [1.29, 1.82) is 0 Å². The Morgan fingerprint density at radius 2 is 2.20 bits per heavy atom. The van der Waals surface area contributed by atoms with Gasteiger partial charge in [-0.05, 0) is 18.6 Å². The van der Waals surface area contributed by atoms with Gasteiger partial charge in [0, 0.05) is 0 Å². The molecule has 2 nitrogen and oxygen atoms in total. The number of rotatable bonds is 1. The van der Waals surface area contributed by atoms with E-state index in [4.69, 9.17) is 0 Å². The number of carbonyl (C=O) groups is 1. The Labute approximate surface area is 90.1 Å². The van der Waals surface area contributed by atoms with Gasteiger partial charge in [0.2, 0.25) is 5.91 Å². The lowest BCUT2D eigenvalue weighted by molar-refractivity contribution is -0.115. The van der Waals surface area contributed by atoms with Crippen molar-refractivity contribution in [3.63, 3.8) is 0 Å². The van der Waals surface area contributed by atoms with Crippen LogP contribution in [0.2, 0.25) is 0 Å². The van der Waals surface area contributed by atoms with E-state index in [1.54, 1.807) is 0 Å². The molecule has 0 spiro atoms. The molecule has 1 unspecified atom stereocenters. The summed E-state index contributed by atoms with van der Waals surface area (Å²) in [6.07, 6.45) is 0.589. The van der Waals surface area contributed by atoms with Crippen LogP contribution in [0.25, 0.3) is 0 Å². The quantitative estimate of drug-likeness (QED) is 0.802. The molecule has 0 radical (unpaired) electrons. The number of amides is 1. The summed E-state index contributed by atoms with van der Waals surface area (Å²) in [5.74, 6) is -1.91. The molecule has 80 valence electrons. The number of halogens is 2. The third kappa shape index (κ3) is 1.71. The molecule has 1 aliphatic rings. The van der Waals surface area contributed by atoms with Gasteiger partial charge in [-0.25, -0.2) is 8.78 Å². The number of benzene rings is 1. The van der Waals surface area contributed by atoms with E-state index >= 15 is 0 Å². The number of nitrogens with one attached hydrogen (secondary N) is 1. The maximum atomic E-state index is 13.4. The lowest BCUT2D eigenvalue weighted by Gasteiger charge is -2.23. The second-order valence-electron chi connectivity index (χ2n) is 3.24. The van der Waals surface area contributed by atoms with Crippen molar-refractivity contribution in [2.75, 3.05) is 5.32 Å². The van der Waals surface area contributed by atoms with Crippen molar-refractivity contribution in [2.45, 2.75) is 23.5 Å². The Hall–Kier alpha value is -1.10. The van der Waals surface area contributed by atoms with Crippen LogP contribution in [-0.2, 0) is 4.79 Å². The number of hydrogen-bond donors (Lipinski definition) is 1. The first-order valence-electron chi connectivity index (χ1n) is 4.59. The van der Waals surface area contributed by atoms with Crippen molar-refractivity contribution < 1.29 is 13.6 Å². The molecule has 1 atom stereocenters. The van der Waals surface area contributed by atoms with Crippen molar-refractivity contribution in [3.05, 3.63) is 23.8 Å². The standard InChI is InChI=1S/C10H9F2NOS/c1-2-7-10(14)13-6-4-3-5(11)8(12)9(6)15-7/h3-4,7H,2H2,1H3,(H,13,14). The number of fused-ring (bicyclic) bond motifs is 1. The normalized spacial score (nSPS) is 19.7. The van der Waals surface area contributed by atoms with E-state index in [9.17, 15) is 13.6 Å². The number of thioether (sulfide) groups is 1. The van der Waals surface area contributed by atoms with Crippen LogP contribution < -0.4 is 5.32 Å². The van der Waals surface area contributed by atoms with E-state index in [0.29, 0.717) is 12.1 Å². The van der Waals surface area contributed by atoms with E-state index < -0.39 is 11.6 Å². The molecular weight excluding hydrogens is 220 g/mol. The molecular formula is C10H9F2NOS. The van der Waals surface area contributed by atoms with Crippen LogP contribution in [0.5, 0.6) is 0 Å². The topological polar surface area (TPSA) is 29.1 Å². The maximum absolute atomic E-state index is 13.4. The van der Waals surface area contributed by atoms with Gasteiger partial charge in [0.25, 0.3) is 0 Å². The molecule has 1 amide bonds. The summed E-state index contributed by atoms with van der Waals surface area (Å²) in [6, 6.07) is 2.39. The van der Waals surface area contributed by atoms with Gasteiger partial charge in [-0.3, -0.25) is 4.79 Å². The summed E-state index contributed by atoms with van der Waals surface area (Å²) < 4.78 is 26.3. The second kappa shape index (κ2) is 3.81. The van der Waals surface area contributed by atoms with Gasteiger partial charge in [-0.1, -0.05) is 6.92 Å². The van der Waals surface area contributed by atoms with Gasteiger partial charge >= 0.3 is 0 Å². The molecule has 1 aliphatic heterocycles. The average molecular weight is 229 g/mol. The summed E-state index contributed by atoms with van der Waals surface area (Å²) >= 11 is 1.08. The predicted molar refractivity (Wildman–Crippen MR) is 54.9 cm³/mol. The fourth-order valence-corrected chi connectivity index (χ4v) is 2.49. The fourth-order valence-electron chi connectivity index (χ4n) is 1.42. The van der Waals surface area contributed by atoms with E-state index in [1.807, 2.05) is 6.92 Å². The van der Waals surface area contributed by atoms with Crippen LogP contribution in [0.3, 0.4) is 0 Å². The second-order valence-corrected chi connectivity index (χ2v) is 4.46. The lowest BCUT2D eigenvalue weighted by Crippen LogP contribution is -2.28. The summed E-state index contributed by atoms with van der Waals surface area (Å²) in [5, 5.41) is 2.22. The van der Waals surface area contributed by atoms with Crippen molar-refractivity contribution in [2.24, 2.45) is 0 Å². The molecule has 15 heavy (non-hydrogen) atoms. The zero-order valence-electron chi connectivity index (χ0n) is 8.01. The number of anilines is 1. The first-order valence-corrected chi connectivity index (χ1v) is 5.47. The minimum Gasteiger partial charge on any atom is -0.324 e. The minimum atomic E-state index is -0.882. The Morgan fingerprint density at radius 3 is 2.87 bits per heavy atom. The average Bonchev–Trinajstić information content (AvgIpc) is 2.23. The molecule has 0 aromatic heterocycles. The van der Waals surface area contributed by atoms with Crippen molar-refractivity contribution in [3.8, 4) is 0 Å². The Morgan fingerprint density at radius 1 is 1.47 bits per heavy atom. The van der Waals surface area contributed by atoms with Crippen LogP contribution >= 0.6 is 11.8 Å². The zero-order chi connectivity index (χ0) is 11.0. The molecule has 0 aliphatic carbocycles. The molecule has 5 heteroatoms. The number of carbonyl (C=O) groups excluding carboxylic acids is 1. The van der Waals surface area contributed by atoms with Crippen LogP contribution in [0.15, 0.2) is 17.0 Å². The Balaban J connectivity index is 2.46. The molecule has 0 bridgehead atoms. The van der Waals surface area contributed by atoms with Gasteiger partial charge in [-0.15, -0.1) is 11.8 Å². The molecule has 0 fully saturated rings. The van der Waals surface area contributed by atoms with E-state index in [0.717, 1.165) is 17.8 Å². The highest BCUT2D eigenvalue weighted by Gasteiger charge is 2.28. The minimum absolute atomic E-state index is 0.152. The first kappa shape index (κ1) is 10.4. The molecule has 1 aromatic rings. The molecule has 2 rings (SSSR count). The van der Waals surface area contributed by atoms with E-state index in [-0.39, 0.29) is 16.1 Å². The molecule has 0 saturated carbocycles. The number of hydrogen-bond acceptors (Lipinski definition) is 2. The summed E-state index contributed by atoms with van der Waals surface area (Å²) in [6.45, 7) is 1.83. The SMILES string of the molecule is CCC1Sc2c(ccc(F)c2F)NC1=O. The largest absolute Gasteiger partial charge is 0.324 e. The van der Waals surface area contributed by atoms with Gasteiger partial charge in [0.15, 0.2) is 11.6 Å². The third-order valence-corrected chi connectivity index (χ3v) is 3.70. The van der Waals surface area contributed by atoms with Gasteiger partial charge in [0.1, 0.15) is 0 Å². The predicted octanol–water partition coefficient (Wildman–Crippen LogP) is 2.79. The van der Waals surface area contributed by atoms with Crippen LogP contribution in [0, 0.1) is 11.6 Å². The van der Waals surface area contributed by atoms with Crippen LogP contribution in [0.4, 0.5) is 14.5 Å². The van der Waals surface area contributed by atoms with Crippen LogP contribution in [-0.4, -0.2) is 11.2 Å². The maximum Gasteiger partial charge on any atom is 0.237 e. The summed E-state index contributed by atoms with van der Waals surface area (Å²) in [4.78, 5) is 11.6. The highest BCUT2D eigenvalue weighted by molar-refractivity contribution is 8.01. The van der Waals surface area contributed by atoms with Gasteiger partial charge in [-0.2, -0.15) is 0 Å². The smallest absolute Gasteiger partial charge is 0.237 e.